The third-order valence-electron chi connectivity index (χ3n) is 2.92. The van der Waals surface area contributed by atoms with E-state index < -0.39 is 0 Å². The summed E-state index contributed by atoms with van der Waals surface area (Å²) >= 11 is 5.04. The van der Waals surface area contributed by atoms with Crippen LogP contribution in [0.3, 0.4) is 0 Å². The van der Waals surface area contributed by atoms with Gasteiger partial charge in [-0.25, -0.2) is 9.99 Å². The smallest absolute Gasteiger partial charge is 0.150 e. The van der Waals surface area contributed by atoms with E-state index >= 15 is 0 Å². The van der Waals surface area contributed by atoms with Gasteiger partial charge in [0.15, 0.2) is 5.82 Å². The number of aryl methyl sites for hydroxylation is 1. The summed E-state index contributed by atoms with van der Waals surface area (Å²) in [6.07, 6.45) is 3.75. The van der Waals surface area contributed by atoms with E-state index in [2.05, 4.69) is 15.4 Å². The molecule has 1 aliphatic heterocycles. The number of hydrogen-bond acceptors (Lipinski definition) is 4. The Hall–Kier alpha value is -1.20. The van der Waals surface area contributed by atoms with E-state index in [-0.39, 0.29) is 0 Å². The van der Waals surface area contributed by atoms with E-state index in [0.717, 1.165) is 30.2 Å². The van der Waals surface area contributed by atoms with Crippen LogP contribution in [0.1, 0.15) is 30.5 Å². The summed E-state index contributed by atoms with van der Waals surface area (Å²) < 4.78 is 0. The monoisotopic (exact) mass is 250 g/mol. The van der Waals surface area contributed by atoms with Gasteiger partial charge in [0.05, 0.1) is 5.56 Å². The van der Waals surface area contributed by atoms with Crippen LogP contribution in [0.4, 0.5) is 5.82 Å². The van der Waals surface area contributed by atoms with Crippen molar-refractivity contribution in [3.63, 3.8) is 0 Å². The van der Waals surface area contributed by atoms with E-state index in [1.807, 2.05) is 19.1 Å². The molecule has 0 aromatic carbocycles. The normalized spacial score (nSPS) is 16.8. The Morgan fingerprint density at radius 2 is 2.06 bits per heavy atom. The van der Waals surface area contributed by atoms with Crippen LogP contribution in [-0.4, -0.2) is 28.1 Å². The Morgan fingerprint density at radius 3 is 2.71 bits per heavy atom. The molecule has 0 radical (unpaired) electrons. The maximum absolute atomic E-state index is 5.70. The van der Waals surface area contributed by atoms with Gasteiger partial charge in [-0.15, -0.1) is 0 Å². The topological polar surface area (TPSA) is 54.2 Å². The molecule has 0 aliphatic carbocycles. The lowest BCUT2D eigenvalue weighted by Gasteiger charge is -2.28. The summed E-state index contributed by atoms with van der Waals surface area (Å²) in [5.74, 6) is 0.777. The zero-order valence-electron chi connectivity index (χ0n) is 10.1. The number of thiocarbonyl (C=S) groups is 1. The summed E-state index contributed by atoms with van der Waals surface area (Å²) in [4.78, 5) is 4.85. The number of rotatable bonds is 3. The molecule has 0 atom stereocenters. The molecule has 1 saturated heterocycles. The molecule has 3 N–H and O–H groups in total. The molecule has 1 aliphatic rings. The fraction of sp³-hybridized carbons (Fsp3) is 0.500. The first-order valence-electron chi connectivity index (χ1n) is 5.96. The van der Waals surface area contributed by atoms with Crippen molar-refractivity contribution in [2.24, 2.45) is 5.73 Å². The van der Waals surface area contributed by atoms with Gasteiger partial charge in [-0.3, -0.25) is 0 Å². The second kappa shape index (κ2) is 5.42. The molecule has 92 valence electrons. The van der Waals surface area contributed by atoms with E-state index in [4.69, 9.17) is 18.0 Å². The summed E-state index contributed by atoms with van der Waals surface area (Å²) in [6.45, 7) is 4.06. The standard InChI is InChI=1S/C12H18N4S/c1-9-5-6-10(11(13)17)12(14-9)15-16-7-3-2-4-8-16/h5-6H,2-4,7-8H2,1H3,(H2,13,17)(H,14,15). The van der Waals surface area contributed by atoms with Crippen molar-refractivity contribution < 1.29 is 0 Å². The van der Waals surface area contributed by atoms with Gasteiger partial charge >= 0.3 is 0 Å². The van der Waals surface area contributed by atoms with Gasteiger partial charge in [0.25, 0.3) is 0 Å². The molecule has 5 heteroatoms. The highest BCUT2D eigenvalue weighted by Gasteiger charge is 2.13. The van der Waals surface area contributed by atoms with Crippen LogP contribution in [0, 0.1) is 6.92 Å². The molecule has 0 spiro atoms. The minimum atomic E-state index is 0.386. The zero-order valence-corrected chi connectivity index (χ0v) is 10.9. The van der Waals surface area contributed by atoms with Crippen LogP contribution in [0.15, 0.2) is 12.1 Å². The van der Waals surface area contributed by atoms with Gasteiger partial charge in [-0.1, -0.05) is 18.6 Å². The van der Waals surface area contributed by atoms with Crippen molar-refractivity contribution in [3.05, 3.63) is 23.4 Å². The lowest BCUT2D eigenvalue weighted by atomic mass is 10.2. The van der Waals surface area contributed by atoms with Gasteiger partial charge in [0.2, 0.25) is 0 Å². The van der Waals surface area contributed by atoms with Gasteiger partial charge in [-0.05, 0) is 31.9 Å². The quantitative estimate of drug-likeness (QED) is 0.802. The van der Waals surface area contributed by atoms with E-state index in [1.165, 1.54) is 19.3 Å². The predicted octanol–water partition coefficient (Wildman–Crippen LogP) is 1.84. The van der Waals surface area contributed by atoms with Gasteiger partial charge in [0.1, 0.15) is 4.99 Å². The number of hydrogen-bond donors (Lipinski definition) is 2. The molecule has 1 fully saturated rings. The first kappa shape index (κ1) is 12.3. The third kappa shape index (κ3) is 3.14. The van der Waals surface area contributed by atoms with Crippen molar-refractivity contribution in [2.75, 3.05) is 18.5 Å². The Balaban J connectivity index is 2.17. The van der Waals surface area contributed by atoms with E-state index in [1.54, 1.807) is 0 Å². The molecule has 1 aromatic rings. The van der Waals surface area contributed by atoms with Crippen molar-refractivity contribution >= 4 is 23.0 Å². The lowest BCUT2D eigenvalue weighted by molar-refractivity contribution is 0.272. The molecule has 2 heterocycles. The van der Waals surface area contributed by atoms with E-state index in [9.17, 15) is 0 Å². The molecule has 1 aromatic heterocycles. The number of hydrazine groups is 1. The van der Waals surface area contributed by atoms with E-state index in [0.29, 0.717) is 4.99 Å². The molecule has 4 nitrogen and oxygen atoms in total. The number of aromatic nitrogens is 1. The number of nitrogens with one attached hydrogen (secondary N) is 1. The van der Waals surface area contributed by atoms with Crippen LogP contribution in [0.25, 0.3) is 0 Å². The van der Waals surface area contributed by atoms with Crippen molar-refractivity contribution in [1.82, 2.24) is 9.99 Å². The second-order valence-corrected chi connectivity index (χ2v) is 4.81. The molecular weight excluding hydrogens is 232 g/mol. The molecule has 17 heavy (non-hydrogen) atoms. The highest BCUT2D eigenvalue weighted by atomic mass is 32.1. The summed E-state index contributed by atoms with van der Waals surface area (Å²) in [6, 6.07) is 3.85. The molecule has 0 amide bonds. The summed E-state index contributed by atoms with van der Waals surface area (Å²) in [7, 11) is 0. The van der Waals surface area contributed by atoms with Crippen LogP contribution in [-0.2, 0) is 0 Å². The number of pyridine rings is 1. The second-order valence-electron chi connectivity index (χ2n) is 4.37. The third-order valence-corrected chi connectivity index (χ3v) is 3.14. The molecular formula is C12H18N4S. The van der Waals surface area contributed by atoms with Gasteiger partial charge in [0, 0.05) is 18.8 Å². The van der Waals surface area contributed by atoms with Crippen LogP contribution < -0.4 is 11.2 Å². The maximum Gasteiger partial charge on any atom is 0.150 e. The van der Waals surface area contributed by atoms with Crippen molar-refractivity contribution in [1.29, 1.82) is 0 Å². The van der Waals surface area contributed by atoms with Crippen molar-refractivity contribution in [2.45, 2.75) is 26.2 Å². The summed E-state index contributed by atoms with van der Waals surface area (Å²) in [5, 5.41) is 2.19. The van der Waals surface area contributed by atoms with Crippen molar-refractivity contribution in [3.8, 4) is 0 Å². The minimum absolute atomic E-state index is 0.386. The highest BCUT2D eigenvalue weighted by molar-refractivity contribution is 7.80. The molecule has 0 bridgehead atoms. The fourth-order valence-corrected chi connectivity index (χ4v) is 2.16. The number of nitrogens with zero attached hydrogens (tertiary/aromatic N) is 2. The zero-order chi connectivity index (χ0) is 12.3. The van der Waals surface area contributed by atoms with Gasteiger partial charge < -0.3 is 11.2 Å². The Bertz CT molecular complexity index is 413. The molecule has 2 rings (SSSR count). The Kier molecular flexibility index (Phi) is 3.91. The van der Waals surface area contributed by atoms with Crippen LogP contribution >= 0.6 is 12.2 Å². The Labute approximate surface area is 107 Å². The molecule has 0 saturated carbocycles. The predicted molar refractivity (Wildman–Crippen MR) is 73.9 cm³/mol. The average Bonchev–Trinajstić information content (AvgIpc) is 2.30. The average molecular weight is 250 g/mol. The highest BCUT2D eigenvalue weighted by Crippen LogP contribution is 2.16. The lowest BCUT2D eigenvalue weighted by Crippen LogP contribution is -2.36. The van der Waals surface area contributed by atoms with Crippen LogP contribution in [0.5, 0.6) is 0 Å². The first-order valence-corrected chi connectivity index (χ1v) is 6.37. The number of nitrogens with two attached hydrogens (primary N) is 1. The summed E-state index contributed by atoms with van der Waals surface area (Å²) in [5.41, 5.74) is 10.8. The largest absolute Gasteiger partial charge is 0.389 e. The minimum Gasteiger partial charge on any atom is -0.389 e. The van der Waals surface area contributed by atoms with Crippen LogP contribution in [0.2, 0.25) is 0 Å². The molecule has 0 unspecified atom stereocenters. The fourth-order valence-electron chi connectivity index (χ4n) is 2.00. The van der Waals surface area contributed by atoms with Gasteiger partial charge in [-0.2, -0.15) is 0 Å². The maximum atomic E-state index is 5.70. The number of anilines is 1. The SMILES string of the molecule is Cc1ccc(C(N)=S)c(NN2CCCCC2)n1. The Morgan fingerprint density at radius 1 is 1.35 bits per heavy atom. The first-order chi connectivity index (χ1) is 8.16. The number of piperidine rings is 1.